The van der Waals surface area contributed by atoms with E-state index in [2.05, 4.69) is 10.6 Å². The van der Waals surface area contributed by atoms with Crippen LogP contribution in [-0.4, -0.2) is 70.6 Å². The number of hydrogen-bond donors (Lipinski definition) is 2. The predicted molar refractivity (Wildman–Crippen MR) is 104 cm³/mol. The molecular weight excluding hydrogens is 378 g/mol. The Hall–Kier alpha value is -0.713. The quantitative estimate of drug-likeness (QED) is 0.273. The van der Waals surface area contributed by atoms with Gasteiger partial charge in [-0.15, -0.1) is 12.4 Å². The summed E-state index contributed by atoms with van der Waals surface area (Å²) in [4.78, 5) is 25.1. The van der Waals surface area contributed by atoms with Crippen molar-refractivity contribution in [2.24, 2.45) is 0 Å². The number of imide groups is 1. The third-order valence-electron chi connectivity index (χ3n) is 3.89. The lowest BCUT2D eigenvalue weighted by molar-refractivity contribution is -0.130. The molecule has 1 heterocycles. The highest BCUT2D eigenvalue weighted by Crippen LogP contribution is 2.18. The minimum atomic E-state index is -2.59. The fourth-order valence-electron chi connectivity index (χ4n) is 2.77. The van der Waals surface area contributed by atoms with Crippen molar-refractivity contribution in [3.05, 3.63) is 0 Å². The number of nitrogens with zero attached hydrogens (tertiary/aromatic N) is 1. The van der Waals surface area contributed by atoms with E-state index in [0.717, 1.165) is 19.0 Å². The average Bonchev–Trinajstić information content (AvgIpc) is 2.72. The van der Waals surface area contributed by atoms with Gasteiger partial charge in [-0.1, -0.05) is 0 Å². The second-order valence-corrected chi connectivity index (χ2v) is 9.08. The van der Waals surface area contributed by atoms with Crippen molar-refractivity contribution < 1.29 is 22.9 Å². The smallest absolute Gasteiger partial charge is 0.374 e. The molecule has 26 heavy (non-hydrogen) atoms. The van der Waals surface area contributed by atoms with Crippen molar-refractivity contribution in [2.45, 2.75) is 52.6 Å². The van der Waals surface area contributed by atoms with Crippen LogP contribution in [0.1, 0.15) is 41.0 Å². The molecule has 0 aromatic heterocycles. The molecule has 1 aliphatic heterocycles. The number of nitrogens with one attached hydrogen (secondary N) is 2. The van der Waals surface area contributed by atoms with Gasteiger partial charge in [-0.25, -0.2) is 4.79 Å². The molecule has 0 aromatic rings. The molecule has 1 fully saturated rings. The van der Waals surface area contributed by atoms with E-state index in [4.69, 9.17) is 13.3 Å². The van der Waals surface area contributed by atoms with Crippen LogP contribution in [0.3, 0.4) is 0 Å². The number of amides is 3. The Morgan fingerprint density at radius 1 is 1.04 bits per heavy atom. The summed E-state index contributed by atoms with van der Waals surface area (Å²) in [5.41, 5.74) is -0.811. The van der Waals surface area contributed by atoms with Gasteiger partial charge >= 0.3 is 14.8 Å². The second kappa shape index (κ2) is 11.9. The molecule has 0 unspecified atom stereocenters. The number of rotatable bonds is 13. The summed E-state index contributed by atoms with van der Waals surface area (Å²) in [5, 5.41) is 5.93. The molecule has 0 aromatic carbocycles. The van der Waals surface area contributed by atoms with Crippen molar-refractivity contribution in [1.82, 2.24) is 15.5 Å². The molecule has 10 heteroatoms. The lowest BCUT2D eigenvalue weighted by atomic mass is 10.1. The molecule has 0 aliphatic carbocycles. The molecule has 0 bridgehead atoms. The minimum Gasteiger partial charge on any atom is -0.374 e. The topological polar surface area (TPSA) is 89.1 Å². The summed E-state index contributed by atoms with van der Waals surface area (Å²) in [5.74, 6) is -0.185. The maximum atomic E-state index is 12.1. The van der Waals surface area contributed by atoms with Gasteiger partial charge in [0.05, 0.1) is 0 Å². The fraction of sp³-hybridized carbons (Fsp3) is 0.875. The van der Waals surface area contributed by atoms with Crippen LogP contribution >= 0.6 is 12.4 Å². The van der Waals surface area contributed by atoms with Gasteiger partial charge < -0.3 is 23.9 Å². The van der Waals surface area contributed by atoms with Gasteiger partial charge in [0, 0.05) is 39.0 Å². The number of carbonyl (C=O) groups excluding carboxylic acids is 2. The molecule has 0 atom stereocenters. The molecule has 1 aliphatic rings. The van der Waals surface area contributed by atoms with Crippen LogP contribution in [0.25, 0.3) is 0 Å². The highest BCUT2D eigenvalue weighted by molar-refractivity contribution is 6.60. The highest BCUT2D eigenvalue weighted by Gasteiger charge is 2.43. The zero-order valence-corrected chi connectivity index (χ0v) is 18.4. The fourth-order valence-corrected chi connectivity index (χ4v) is 5.38. The first-order chi connectivity index (χ1) is 11.8. The third-order valence-corrected chi connectivity index (χ3v) is 7.04. The van der Waals surface area contributed by atoms with Crippen molar-refractivity contribution in [1.29, 1.82) is 0 Å². The maximum absolute atomic E-state index is 12.1. The molecule has 0 radical (unpaired) electrons. The Morgan fingerprint density at radius 2 is 1.58 bits per heavy atom. The summed E-state index contributed by atoms with van der Waals surface area (Å²) in [6.45, 7) is 12.6. The minimum absolute atomic E-state index is 0. The Kier molecular flexibility index (Phi) is 11.6. The molecule has 0 saturated carbocycles. The molecule has 8 nitrogen and oxygen atoms in total. The molecule has 1 rings (SSSR count). The Balaban J connectivity index is 0.00000625. The van der Waals surface area contributed by atoms with E-state index in [0.29, 0.717) is 32.9 Å². The predicted octanol–water partition coefficient (Wildman–Crippen LogP) is 1.77. The van der Waals surface area contributed by atoms with Gasteiger partial charge in [0.25, 0.3) is 5.91 Å². The first kappa shape index (κ1) is 25.3. The van der Waals surface area contributed by atoms with Crippen LogP contribution in [0.15, 0.2) is 0 Å². The largest absolute Gasteiger partial charge is 0.500 e. The van der Waals surface area contributed by atoms with E-state index in [-0.39, 0.29) is 24.3 Å². The monoisotopic (exact) mass is 411 g/mol. The van der Waals surface area contributed by atoms with Gasteiger partial charge in [-0.05, 0) is 47.6 Å². The molecule has 3 amide bonds. The van der Waals surface area contributed by atoms with Gasteiger partial charge in [-0.3, -0.25) is 9.69 Å². The normalized spacial score (nSPS) is 16.6. The molecule has 154 valence electrons. The molecule has 1 saturated heterocycles. The van der Waals surface area contributed by atoms with E-state index in [1.165, 1.54) is 4.90 Å². The first-order valence-corrected chi connectivity index (χ1v) is 11.0. The number of hydrogen-bond acceptors (Lipinski definition) is 6. The van der Waals surface area contributed by atoms with Crippen LogP contribution in [0.4, 0.5) is 4.79 Å². The maximum Gasteiger partial charge on any atom is 0.500 e. The van der Waals surface area contributed by atoms with Crippen molar-refractivity contribution in [3.63, 3.8) is 0 Å². The zero-order chi connectivity index (χ0) is 18.9. The zero-order valence-electron chi connectivity index (χ0n) is 16.6. The van der Waals surface area contributed by atoms with Crippen LogP contribution in [0.5, 0.6) is 0 Å². The molecular formula is C16H34ClN3O5Si. The Labute approximate surface area is 164 Å². The van der Waals surface area contributed by atoms with E-state index in [1.807, 2.05) is 20.8 Å². The summed E-state index contributed by atoms with van der Waals surface area (Å²) in [7, 11) is -2.59. The van der Waals surface area contributed by atoms with Crippen molar-refractivity contribution >= 4 is 33.1 Å². The average molecular weight is 412 g/mol. The van der Waals surface area contributed by atoms with Gasteiger partial charge in [0.2, 0.25) is 0 Å². The van der Waals surface area contributed by atoms with E-state index >= 15 is 0 Å². The summed E-state index contributed by atoms with van der Waals surface area (Å²) >= 11 is 0. The standard InChI is InChI=1S/C16H33N3O5Si.ClH/c1-6-22-25(23-7-2,24-8-3)13-9-10-17-11-12-19-14(20)16(4,5)18-15(19)21;/h17H,6-13H2,1-5H3,(H,18,21);1H. The van der Waals surface area contributed by atoms with E-state index in [9.17, 15) is 9.59 Å². The van der Waals surface area contributed by atoms with Crippen LogP contribution in [0, 0.1) is 0 Å². The Morgan fingerprint density at radius 3 is 2.00 bits per heavy atom. The van der Waals surface area contributed by atoms with Crippen LogP contribution < -0.4 is 10.6 Å². The van der Waals surface area contributed by atoms with Gasteiger partial charge in [-0.2, -0.15) is 0 Å². The molecule has 0 spiro atoms. The van der Waals surface area contributed by atoms with E-state index < -0.39 is 14.3 Å². The van der Waals surface area contributed by atoms with Crippen molar-refractivity contribution in [3.8, 4) is 0 Å². The summed E-state index contributed by atoms with van der Waals surface area (Å²) in [6.07, 6.45) is 0.845. The van der Waals surface area contributed by atoms with Gasteiger partial charge in [0.1, 0.15) is 5.54 Å². The van der Waals surface area contributed by atoms with Crippen LogP contribution in [0.2, 0.25) is 6.04 Å². The first-order valence-electron chi connectivity index (χ1n) is 9.08. The summed E-state index contributed by atoms with van der Waals surface area (Å²) < 4.78 is 17.4. The lowest BCUT2D eigenvalue weighted by Crippen LogP contribution is -2.46. The lowest BCUT2D eigenvalue weighted by Gasteiger charge is -2.28. The van der Waals surface area contributed by atoms with Crippen molar-refractivity contribution in [2.75, 3.05) is 39.5 Å². The highest BCUT2D eigenvalue weighted by atomic mass is 35.5. The number of halogens is 1. The number of urea groups is 1. The summed E-state index contributed by atoms with van der Waals surface area (Å²) in [6, 6.07) is 0.415. The second-order valence-electron chi connectivity index (χ2n) is 6.35. The van der Waals surface area contributed by atoms with Gasteiger partial charge in [0.15, 0.2) is 0 Å². The Bertz CT molecular complexity index is 437. The third kappa shape index (κ3) is 7.13. The SMILES string of the molecule is CCO[Si](CCCNCCN1C(=O)NC(C)(C)C1=O)(OCC)OCC.Cl. The van der Waals surface area contributed by atoms with E-state index in [1.54, 1.807) is 13.8 Å². The van der Waals surface area contributed by atoms with Crippen LogP contribution in [-0.2, 0) is 18.1 Å². The molecule has 2 N–H and O–H groups in total. The number of carbonyl (C=O) groups is 2.